The fraction of sp³-hybridized carbons (Fsp3) is 0.200. The summed E-state index contributed by atoms with van der Waals surface area (Å²) in [5, 5.41) is 0.998. The number of ether oxygens (including phenoxy) is 1. The second-order valence-corrected chi connectivity index (χ2v) is 8.01. The van der Waals surface area contributed by atoms with Crippen LogP contribution >= 0.6 is 0 Å². The van der Waals surface area contributed by atoms with Crippen LogP contribution in [0.25, 0.3) is 10.9 Å². The van der Waals surface area contributed by atoms with Crippen molar-refractivity contribution in [2.24, 2.45) is 0 Å². The first-order chi connectivity index (χ1) is 12.9. The molecule has 27 heavy (non-hydrogen) atoms. The number of rotatable bonds is 7. The molecule has 2 aromatic carbocycles. The summed E-state index contributed by atoms with van der Waals surface area (Å²) < 4.78 is 30.0. The third-order valence-electron chi connectivity index (χ3n) is 4.04. The van der Waals surface area contributed by atoms with Crippen molar-refractivity contribution in [3.05, 3.63) is 77.5 Å². The Hall–Kier alpha value is -2.77. The molecule has 1 heterocycles. The molecule has 0 saturated heterocycles. The van der Waals surface area contributed by atoms with Crippen molar-refractivity contribution < 1.29 is 17.9 Å². The van der Waals surface area contributed by atoms with Crippen molar-refractivity contribution in [1.82, 2.24) is 9.71 Å². The van der Waals surface area contributed by atoms with Crippen molar-refractivity contribution >= 4 is 26.9 Å². The highest BCUT2D eigenvalue weighted by Crippen LogP contribution is 2.17. The molecular formula is C20H20N2O4S. The van der Waals surface area contributed by atoms with Crippen LogP contribution in [0.15, 0.2) is 60.8 Å². The number of aromatic nitrogens is 1. The van der Waals surface area contributed by atoms with Gasteiger partial charge >= 0.3 is 5.97 Å². The minimum Gasteiger partial charge on any atom is -0.457 e. The fourth-order valence-electron chi connectivity index (χ4n) is 2.70. The van der Waals surface area contributed by atoms with Crippen LogP contribution in [0.3, 0.4) is 0 Å². The topological polar surface area (TPSA) is 85.4 Å². The van der Waals surface area contributed by atoms with Crippen molar-refractivity contribution in [1.29, 1.82) is 0 Å². The van der Waals surface area contributed by atoms with E-state index in [9.17, 15) is 13.2 Å². The summed E-state index contributed by atoms with van der Waals surface area (Å²) in [7, 11) is -3.19. The molecule has 0 bridgehead atoms. The number of nitrogens with zero attached hydrogens (tertiary/aromatic N) is 1. The molecular weight excluding hydrogens is 364 g/mol. The molecule has 0 aliphatic carbocycles. The Bertz CT molecular complexity index is 1040. The van der Waals surface area contributed by atoms with Crippen LogP contribution < -0.4 is 4.72 Å². The summed E-state index contributed by atoms with van der Waals surface area (Å²) in [5.74, 6) is -0.413. The highest BCUT2D eigenvalue weighted by molar-refractivity contribution is 7.88. The monoisotopic (exact) mass is 384 g/mol. The van der Waals surface area contributed by atoms with Crippen molar-refractivity contribution in [3.63, 3.8) is 0 Å². The van der Waals surface area contributed by atoms with E-state index in [0.717, 1.165) is 28.3 Å². The van der Waals surface area contributed by atoms with E-state index in [4.69, 9.17) is 4.74 Å². The predicted octanol–water partition coefficient (Wildman–Crippen LogP) is 2.68. The largest absolute Gasteiger partial charge is 0.457 e. The summed E-state index contributed by atoms with van der Waals surface area (Å²) in [5.41, 5.74) is 3.05. The number of esters is 1. The van der Waals surface area contributed by atoms with Crippen LogP contribution in [-0.4, -0.2) is 32.2 Å². The Labute approximate surface area is 158 Å². The number of fused-ring (bicyclic) bond motifs is 1. The quantitative estimate of drug-likeness (QED) is 0.633. The molecule has 7 heteroatoms. The Balaban J connectivity index is 1.59. The number of carbonyl (C=O) groups excluding carboxylic acids is 1. The zero-order chi connectivity index (χ0) is 19.3. The van der Waals surface area contributed by atoms with Gasteiger partial charge in [0.15, 0.2) is 0 Å². The molecule has 0 amide bonds. The van der Waals surface area contributed by atoms with Gasteiger partial charge in [-0.3, -0.25) is 4.98 Å². The van der Waals surface area contributed by atoms with E-state index in [0.29, 0.717) is 18.5 Å². The molecule has 3 aromatic rings. The Kier molecular flexibility index (Phi) is 5.83. The zero-order valence-corrected chi connectivity index (χ0v) is 15.7. The van der Waals surface area contributed by atoms with Gasteiger partial charge in [-0.05, 0) is 30.2 Å². The van der Waals surface area contributed by atoms with Crippen molar-refractivity contribution in [2.45, 2.75) is 13.0 Å². The first kappa shape index (κ1) is 19.0. The van der Waals surface area contributed by atoms with Gasteiger partial charge in [-0.15, -0.1) is 0 Å². The molecule has 1 aromatic heterocycles. The van der Waals surface area contributed by atoms with Crippen molar-refractivity contribution in [3.8, 4) is 0 Å². The molecule has 0 aliphatic rings. The van der Waals surface area contributed by atoms with E-state index in [-0.39, 0.29) is 6.61 Å². The van der Waals surface area contributed by atoms with E-state index in [2.05, 4.69) is 9.71 Å². The summed E-state index contributed by atoms with van der Waals surface area (Å²) in [6, 6.07) is 16.5. The molecule has 0 saturated carbocycles. The molecule has 0 aliphatic heterocycles. The van der Waals surface area contributed by atoms with Crippen LogP contribution in [0.2, 0.25) is 0 Å². The number of benzene rings is 2. The molecule has 0 fully saturated rings. The average molecular weight is 384 g/mol. The fourth-order valence-corrected chi connectivity index (χ4v) is 3.17. The standard InChI is InChI=1S/C20H20N2O4S/c1-27(24,25)22-13-11-15-7-9-17(10-8-15)20(23)26-14-18-5-2-4-16-6-3-12-21-19(16)18/h2-10,12,22H,11,13-14H2,1H3. The van der Waals surface area contributed by atoms with Gasteiger partial charge in [-0.25, -0.2) is 17.9 Å². The Morgan fingerprint density at radius 1 is 1.07 bits per heavy atom. The van der Waals surface area contributed by atoms with Gasteiger partial charge in [0.1, 0.15) is 6.61 Å². The van der Waals surface area contributed by atoms with Crippen LogP contribution in [-0.2, 0) is 27.8 Å². The maximum absolute atomic E-state index is 12.3. The molecule has 0 spiro atoms. The van der Waals surface area contributed by atoms with Gasteiger partial charge < -0.3 is 4.74 Å². The van der Waals surface area contributed by atoms with Crippen LogP contribution in [0.4, 0.5) is 0 Å². The maximum atomic E-state index is 12.3. The number of para-hydroxylation sites is 1. The number of nitrogens with one attached hydrogen (secondary N) is 1. The maximum Gasteiger partial charge on any atom is 0.338 e. The van der Waals surface area contributed by atoms with Gasteiger partial charge in [0, 0.05) is 23.7 Å². The average Bonchev–Trinajstić information content (AvgIpc) is 2.65. The van der Waals surface area contributed by atoms with E-state index in [1.54, 1.807) is 30.5 Å². The third kappa shape index (κ3) is 5.35. The number of sulfonamides is 1. The van der Waals surface area contributed by atoms with Gasteiger partial charge in [0.05, 0.1) is 17.3 Å². The minimum atomic E-state index is -3.19. The zero-order valence-electron chi connectivity index (χ0n) is 14.9. The predicted molar refractivity (Wildman–Crippen MR) is 104 cm³/mol. The Morgan fingerprint density at radius 3 is 2.56 bits per heavy atom. The van der Waals surface area contributed by atoms with Gasteiger partial charge in [0.2, 0.25) is 10.0 Å². The van der Waals surface area contributed by atoms with E-state index in [1.807, 2.05) is 30.3 Å². The van der Waals surface area contributed by atoms with Gasteiger partial charge in [0.25, 0.3) is 0 Å². The second kappa shape index (κ2) is 8.28. The lowest BCUT2D eigenvalue weighted by Gasteiger charge is -2.08. The molecule has 1 N–H and O–H groups in total. The van der Waals surface area contributed by atoms with Gasteiger partial charge in [-0.2, -0.15) is 0 Å². The van der Waals surface area contributed by atoms with Crippen LogP contribution in [0.1, 0.15) is 21.5 Å². The van der Waals surface area contributed by atoms with E-state index in [1.165, 1.54) is 0 Å². The van der Waals surface area contributed by atoms with Gasteiger partial charge in [-0.1, -0.05) is 36.4 Å². The van der Waals surface area contributed by atoms with Crippen LogP contribution in [0.5, 0.6) is 0 Å². The Morgan fingerprint density at radius 2 is 1.81 bits per heavy atom. The molecule has 140 valence electrons. The minimum absolute atomic E-state index is 0.146. The smallest absolute Gasteiger partial charge is 0.338 e. The number of pyridine rings is 1. The second-order valence-electron chi connectivity index (χ2n) is 6.18. The molecule has 0 radical (unpaired) electrons. The van der Waals surface area contributed by atoms with E-state index >= 15 is 0 Å². The first-order valence-electron chi connectivity index (χ1n) is 8.46. The highest BCUT2D eigenvalue weighted by atomic mass is 32.2. The van der Waals surface area contributed by atoms with Crippen molar-refractivity contribution in [2.75, 3.05) is 12.8 Å². The highest BCUT2D eigenvalue weighted by Gasteiger charge is 2.09. The summed E-state index contributed by atoms with van der Waals surface area (Å²) in [4.78, 5) is 16.6. The summed E-state index contributed by atoms with van der Waals surface area (Å²) in [6.45, 7) is 0.462. The molecule has 3 rings (SSSR count). The molecule has 0 atom stereocenters. The SMILES string of the molecule is CS(=O)(=O)NCCc1ccc(C(=O)OCc2cccc3cccnc23)cc1. The number of hydrogen-bond donors (Lipinski definition) is 1. The molecule has 6 nitrogen and oxygen atoms in total. The van der Waals surface area contributed by atoms with Crippen LogP contribution in [0, 0.1) is 0 Å². The first-order valence-corrected chi connectivity index (χ1v) is 10.3. The lowest BCUT2D eigenvalue weighted by atomic mass is 10.1. The lowest BCUT2D eigenvalue weighted by Crippen LogP contribution is -2.24. The van der Waals surface area contributed by atoms with E-state index < -0.39 is 16.0 Å². The number of hydrogen-bond acceptors (Lipinski definition) is 5. The number of carbonyl (C=O) groups is 1. The normalized spacial score (nSPS) is 11.4. The summed E-state index contributed by atoms with van der Waals surface area (Å²) >= 11 is 0. The lowest BCUT2D eigenvalue weighted by molar-refractivity contribution is 0.0474. The molecule has 0 unspecified atom stereocenters. The summed E-state index contributed by atoms with van der Waals surface area (Å²) in [6.07, 6.45) is 3.38. The third-order valence-corrected chi connectivity index (χ3v) is 4.77.